The molecule has 1 spiro atoms. The lowest BCUT2D eigenvalue weighted by atomic mass is 9.74. The van der Waals surface area contributed by atoms with Gasteiger partial charge < -0.3 is 33.9 Å². The Bertz CT molecular complexity index is 951. The minimum Gasteiger partial charge on any atom is -0.463 e. The maximum atomic E-state index is 14.2. The number of aliphatic hydroxyl groups is 1. The summed E-state index contributed by atoms with van der Waals surface area (Å²) in [5.74, 6) is -1.37. The molecule has 1 N–H and O–H groups in total. The van der Waals surface area contributed by atoms with Gasteiger partial charge in [0.15, 0.2) is 12.1 Å². The highest BCUT2D eigenvalue weighted by molar-refractivity contribution is 6.04. The summed E-state index contributed by atoms with van der Waals surface area (Å²) < 4.78 is 25.1. The van der Waals surface area contributed by atoms with Crippen molar-refractivity contribution in [3.63, 3.8) is 0 Å². The third-order valence-electron chi connectivity index (χ3n) is 10.9. The molecule has 2 heterocycles. The predicted molar refractivity (Wildman–Crippen MR) is 167 cm³/mol. The molecule has 3 rings (SSSR count). The average molecular weight is 612 g/mol. The van der Waals surface area contributed by atoms with E-state index < -0.39 is 41.4 Å². The quantitative estimate of drug-likeness (QED) is 0.369. The van der Waals surface area contributed by atoms with Crippen molar-refractivity contribution in [1.82, 2.24) is 14.7 Å². The molecule has 10 nitrogen and oxygen atoms in total. The Hall–Kier alpha value is -1.14. The Morgan fingerprint density at radius 1 is 1.00 bits per heavy atom. The van der Waals surface area contributed by atoms with Crippen LogP contribution in [0, 0.1) is 17.3 Å². The van der Waals surface area contributed by atoms with E-state index in [-0.39, 0.29) is 36.0 Å². The van der Waals surface area contributed by atoms with Crippen LogP contribution in [0.15, 0.2) is 0 Å². The fraction of sp³-hybridized carbons (Fsp3) is 0.939. The van der Waals surface area contributed by atoms with Gasteiger partial charge >= 0.3 is 5.97 Å². The first-order valence-electron chi connectivity index (χ1n) is 16.2. The molecule has 0 aromatic heterocycles. The number of cyclic esters (lactones) is 1. The molecule has 43 heavy (non-hydrogen) atoms. The topological polar surface area (TPSA) is 101 Å². The molecular weight excluding hydrogens is 550 g/mol. The Morgan fingerprint density at radius 3 is 2.14 bits per heavy atom. The molecule has 0 aromatic carbocycles. The summed E-state index contributed by atoms with van der Waals surface area (Å²) in [5, 5.41) is 11.3. The lowest BCUT2D eigenvalue weighted by molar-refractivity contribution is -0.295. The second-order valence-electron chi connectivity index (χ2n) is 15.1. The molecule has 2 saturated heterocycles. The van der Waals surface area contributed by atoms with Crippen LogP contribution < -0.4 is 0 Å². The summed E-state index contributed by atoms with van der Waals surface area (Å²) in [6.45, 7) is 12.2. The molecular formula is C33H61N3O7. The molecule has 1 aliphatic carbocycles. The number of carbonyl (C=O) groups is 2. The standard InChI is InChI=1S/C33H61N3O7/c1-21-18-32(6,40-12)28(43-29-26(37)25(35(9)10)17-22(2)42-29)23(3)27(38)31(4,5)30(39)41-20-33(36(11)19-21)15-13-24(14-16-33)34(7)8/h21-26,28-29,37H,13-20H2,1-12H3/t21-,22-,23+,24?,25+,26-,28-,29+,32-,33?/m1/s1. The number of esters is 1. The summed E-state index contributed by atoms with van der Waals surface area (Å²) in [7, 11) is 11.9. The van der Waals surface area contributed by atoms with Gasteiger partial charge in [-0.15, -0.1) is 0 Å². The van der Waals surface area contributed by atoms with Gasteiger partial charge in [0.1, 0.15) is 18.1 Å². The number of likely N-dealkylation sites (N-methyl/N-ethyl adjacent to an activating group) is 2. The molecule has 0 unspecified atom stereocenters. The number of ether oxygens (including phenoxy) is 4. The molecule has 0 aromatic rings. The van der Waals surface area contributed by atoms with Gasteiger partial charge in [0.25, 0.3) is 0 Å². The van der Waals surface area contributed by atoms with Crippen molar-refractivity contribution in [1.29, 1.82) is 0 Å². The van der Waals surface area contributed by atoms with Gasteiger partial charge in [-0.3, -0.25) is 14.5 Å². The van der Waals surface area contributed by atoms with E-state index in [0.717, 1.165) is 32.2 Å². The molecule has 250 valence electrons. The number of carbonyl (C=O) groups excluding carboxylic acids is 2. The summed E-state index contributed by atoms with van der Waals surface area (Å²) in [4.78, 5) is 34.5. The van der Waals surface area contributed by atoms with Crippen molar-refractivity contribution in [3.8, 4) is 0 Å². The highest BCUT2D eigenvalue weighted by Gasteiger charge is 2.52. The van der Waals surface area contributed by atoms with Gasteiger partial charge in [-0.05, 0) is 107 Å². The zero-order valence-electron chi connectivity index (χ0n) is 29.0. The molecule has 3 fully saturated rings. The number of hydrogen-bond acceptors (Lipinski definition) is 10. The SMILES string of the molecule is CO[C@]1(C)C[C@@H](C)CN(C)C2(CCC(N(C)C)CC2)COC(=O)C(C)(C)C(=O)[C@H](C)[C@H]1O[C@@H]1O[C@H](C)C[C@H](N(C)C)[C@H]1O. The number of rotatable bonds is 5. The van der Waals surface area contributed by atoms with Crippen molar-refractivity contribution in [2.24, 2.45) is 17.3 Å². The van der Waals surface area contributed by atoms with Gasteiger partial charge in [-0.1, -0.05) is 13.8 Å². The number of methoxy groups -OCH3 is 1. The van der Waals surface area contributed by atoms with E-state index in [9.17, 15) is 14.7 Å². The molecule has 0 amide bonds. The highest BCUT2D eigenvalue weighted by atomic mass is 16.7. The lowest BCUT2D eigenvalue weighted by Crippen LogP contribution is -2.59. The average Bonchev–Trinajstić information content (AvgIpc) is 2.94. The van der Waals surface area contributed by atoms with Crippen molar-refractivity contribution < 1.29 is 33.6 Å². The minimum atomic E-state index is -1.40. The Labute approximate surface area is 260 Å². The van der Waals surface area contributed by atoms with E-state index in [2.05, 4.69) is 37.9 Å². The van der Waals surface area contributed by atoms with Crippen molar-refractivity contribution in [2.45, 2.75) is 128 Å². The Kier molecular flexibility index (Phi) is 11.9. The van der Waals surface area contributed by atoms with Crippen LogP contribution in [0.5, 0.6) is 0 Å². The highest BCUT2D eigenvalue weighted by Crippen LogP contribution is 2.41. The minimum absolute atomic E-state index is 0.145. The maximum Gasteiger partial charge on any atom is 0.319 e. The second kappa shape index (κ2) is 14.1. The Balaban J connectivity index is 2.00. The molecule has 1 saturated carbocycles. The van der Waals surface area contributed by atoms with Gasteiger partial charge in [-0.25, -0.2) is 0 Å². The first kappa shape index (κ1) is 36.3. The van der Waals surface area contributed by atoms with Gasteiger partial charge in [0.05, 0.1) is 23.3 Å². The summed E-state index contributed by atoms with van der Waals surface area (Å²) in [5.41, 5.74) is -2.61. The van der Waals surface area contributed by atoms with Crippen LogP contribution in [0.3, 0.4) is 0 Å². The van der Waals surface area contributed by atoms with Crippen molar-refractivity contribution in [3.05, 3.63) is 0 Å². The summed E-state index contributed by atoms with van der Waals surface area (Å²) in [6, 6.07) is 0.332. The second-order valence-corrected chi connectivity index (χ2v) is 15.1. The van der Waals surface area contributed by atoms with E-state index in [1.54, 1.807) is 27.9 Å². The van der Waals surface area contributed by atoms with Crippen molar-refractivity contribution >= 4 is 11.8 Å². The van der Waals surface area contributed by atoms with Crippen LogP contribution in [0.1, 0.15) is 80.1 Å². The van der Waals surface area contributed by atoms with E-state index in [1.165, 1.54) is 0 Å². The van der Waals surface area contributed by atoms with Crippen LogP contribution in [0.4, 0.5) is 0 Å². The van der Waals surface area contributed by atoms with Gasteiger partial charge in [0.2, 0.25) is 0 Å². The predicted octanol–water partition coefficient (Wildman–Crippen LogP) is 3.19. The number of ketones is 1. The molecule has 0 radical (unpaired) electrons. The fourth-order valence-corrected chi connectivity index (χ4v) is 7.80. The van der Waals surface area contributed by atoms with Crippen LogP contribution in [-0.4, -0.2) is 135 Å². The summed E-state index contributed by atoms with van der Waals surface area (Å²) in [6.07, 6.45) is 2.32. The monoisotopic (exact) mass is 611 g/mol. The first-order valence-corrected chi connectivity index (χ1v) is 16.2. The maximum absolute atomic E-state index is 14.2. The fourth-order valence-electron chi connectivity index (χ4n) is 7.80. The number of hydrogen-bond donors (Lipinski definition) is 1. The zero-order chi connectivity index (χ0) is 32.5. The van der Waals surface area contributed by atoms with E-state index in [4.69, 9.17) is 18.9 Å². The molecule has 3 aliphatic rings. The van der Waals surface area contributed by atoms with Crippen LogP contribution >= 0.6 is 0 Å². The molecule has 10 heteroatoms. The number of aliphatic hydroxyl groups excluding tert-OH is 1. The molecule has 2 aliphatic heterocycles. The smallest absolute Gasteiger partial charge is 0.319 e. The van der Waals surface area contributed by atoms with Crippen LogP contribution in [0.25, 0.3) is 0 Å². The van der Waals surface area contributed by atoms with Crippen molar-refractivity contribution in [2.75, 3.05) is 55.5 Å². The van der Waals surface area contributed by atoms with Gasteiger partial charge in [0, 0.05) is 31.7 Å². The first-order chi connectivity index (χ1) is 19.9. The normalized spacial score (nSPS) is 42.4. The van der Waals surface area contributed by atoms with Crippen LogP contribution in [0.2, 0.25) is 0 Å². The van der Waals surface area contributed by atoms with Crippen LogP contribution in [-0.2, 0) is 28.5 Å². The lowest BCUT2D eigenvalue weighted by Gasteiger charge is -2.48. The van der Waals surface area contributed by atoms with E-state index in [1.807, 2.05) is 32.8 Å². The number of Topliss-reactive ketones (excluding diaryl/α,β-unsaturated/α-hetero) is 1. The third-order valence-corrected chi connectivity index (χ3v) is 10.9. The molecule has 8 atom stereocenters. The molecule has 0 bridgehead atoms. The third kappa shape index (κ3) is 7.81. The largest absolute Gasteiger partial charge is 0.463 e. The Morgan fingerprint density at radius 2 is 1.60 bits per heavy atom. The zero-order valence-corrected chi connectivity index (χ0v) is 29.0. The van der Waals surface area contributed by atoms with Gasteiger partial charge in [-0.2, -0.15) is 0 Å². The van der Waals surface area contributed by atoms with E-state index >= 15 is 0 Å². The summed E-state index contributed by atoms with van der Waals surface area (Å²) >= 11 is 0. The van der Waals surface area contributed by atoms with E-state index in [0.29, 0.717) is 18.9 Å². The number of nitrogens with zero attached hydrogens (tertiary/aromatic N) is 3.